The van der Waals surface area contributed by atoms with Crippen molar-refractivity contribution in [2.75, 3.05) is 6.61 Å². The molecule has 0 saturated heterocycles. The third-order valence-electron chi connectivity index (χ3n) is 2.19. The highest BCUT2D eigenvalue weighted by molar-refractivity contribution is 5.84. The van der Waals surface area contributed by atoms with E-state index in [9.17, 15) is 4.39 Å². The molecule has 0 spiro atoms. The van der Waals surface area contributed by atoms with E-state index in [1.807, 2.05) is 0 Å². The van der Waals surface area contributed by atoms with E-state index in [2.05, 4.69) is 4.98 Å². The molecular formula is C11H10FNO. The fourth-order valence-electron chi connectivity index (χ4n) is 1.56. The van der Waals surface area contributed by atoms with Crippen LogP contribution in [0.2, 0.25) is 0 Å². The van der Waals surface area contributed by atoms with Crippen LogP contribution in [-0.2, 0) is 6.42 Å². The molecule has 0 fully saturated rings. The average Bonchev–Trinajstić information content (AvgIpc) is 2.18. The lowest BCUT2D eigenvalue weighted by Gasteiger charge is -2.04. The van der Waals surface area contributed by atoms with Gasteiger partial charge in [0.2, 0.25) is 0 Å². The van der Waals surface area contributed by atoms with Gasteiger partial charge >= 0.3 is 0 Å². The Morgan fingerprint density at radius 2 is 2.21 bits per heavy atom. The maximum Gasteiger partial charge on any atom is 0.124 e. The summed E-state index contributed by atoms with van der Waals surface area (Å²) < 4.78 is 13.1. The molecule has 0 unspecified atom stereocenters. The Morgan fingerprint density at radius 3 is 3.00 bits per heavy atom. The van der Waals surface area contributed by atoms with Gasteiger partial charge in [-0.15, -0.1) is 0 Å². The van der Waals surface area contributed by atoms with E-state index in [4.69, 9.17) is 5.11 Å². The smallest absolute Gasteiger partial charge is 0.124 e. The number of halogens is 1. The highest BCUT2D eigenvalue weighted by atomic mass is 19.1. The normalized spacial score (nSPS) is 10.7. The van der Waals surface area contributed by atoms with E-state index in [0.29, 0.717) is 6.42 Å². The first-order valence-corrected chi connectivity index (χ1v) is 4.44. The van der Waals surface area contributed by atoms with Crippen molar-refractivity contribution in [2.24, 2.45) is 0 Å². The van der Waals surface area contributed by atoms with Crippen LogP contribution in [0.25, 0.3) is 10.8 Å². The van der Waals surface area contributed by atoms with Crippen LogP contribution in [0.5, 0.6) is 0 Å². The van der Waals surface area contributed by atoms with Crippen molar-refractivity contribution >= 4 is 10.8 Å². The topological polar surface area (TPSA) is 33.1 Å². The first-order valence-electron chi connectivity index (χ1n) is 4.44. The third kappa shape index (κ3) is 1.59. The molecule has 0 saturated carbocycles. The fraction of sp³-hybridized carbons (Fsp3) is 0.182. The van der Waals surface area contributed by atoms with Crippen LogP contribution in [0.4, 0.5) is 4.39 Å². The van der Waals surface area contributed by atoms with Crippen molar-refractivity contribution in [1.82, 2.24) is 4.98 Å². The molecule has 0 radical (unpaired) electrons. The number of nitrogens with zero attached hydrogens (tertiary/aromatic N) is 1. The first kappa shape index (κ1) is 9.09. The molecule has 1 N–H and O–H groups in total. The molecule has 1 heterocycles. The number of fused-ring (bicyclic) bond motifs is 1. The lowest BCUT2D eigenvalue weighted by molar-refractivity contribution is 0.300. The van der Waals surface area contributed by atoms with Crippen LogP contribution in [0.1, 0.15) is 5.56 Å². The molecule has 0 amide bonds. The minimum atomic E-state index is -0.271. The molecule has 2 aromatic rings. The molecule has 0 atom stereocenters. The van der Waals surface area contributed by atoms with E-state index in [-0.39, 0.29) is 12.4 Å². The number of pyridine rings is 1. The molecule has 0 aliphatic carbocycles. The second kappa shape index (κ2) is 3.72. The van der Waals surface area contributed by atoms with Gasteiger partial charge in [-0.25, -0.2) is 4.39 Å². The monoisotopic (exact) mass is 191 g/mol. The molecular weight excluding hydrogens is 181 g/mol. The zero-order valence-corrected chi connectivity index (χ0v) is 7.57. The molecule has 0 aliphatic heterocycles. The Bertz CT molecular complexity index is 456. The van der Waals surface area contributed by atoms with Gasteiger partial charge in [0.05, 0.1) is 0 Å². The Hall–Kier alpha value is -1.48. The zero-order chi connectivity index (χ0) is 9.97. The van der Waals surface area contributed by atoms with Crippen molar-refractivity contribution < 1.29 is 9.50 Å². The van der Waals surface area contributed by atoms with E-state index in [1.165, 1.54) is 12.1 Å². The Kier molecular flexibility index (Phi) is 2.41. The van der Waals surface area contributed by atoms with E-state index >= 15 is 0 Å². The number of benzene rings is 1. The summed E-state index contributed by atoms with van der Waals surface area (Å²) in [6.45, 7) is 0.0213. The first-order chi connectivity index (χ1) is 6.81. The van der Waals surface area contributed by atoms with Gasteiger partial charge in [-0.3, -0.25) is 4.98 Å². The molecule has 3 heteroatoms. The Morgan fingerprint density at radius 1 is 1.36 bits per heavy atom. The van der Waals surface area contributed by atoms with E-state index < -0.39 is 0 Å². The quantitative estimate of drug-likeness (QED) is 0.786. The Balaban J connectivity index is 2.67. The van der Waals surface area contributed by atoms with Crippen molar-refractivity contribution in [3.05, 3.63) is 42.0 Å². The summed E-state index contributed by atoms with van der Waals surface area (Å²) in [4.78, 5) is 3.98. The van der Waals surface area contributed by atoms with Gasteiger partial charge < -0.3 is 5.11 Å². The van der Waals surface area contributed by atoms with Gasteiger partial charge in [0.15, 0.2) is 0 Å². The standard InChI is InChI=1S/C11H10FNO/c12-10-5-8-1-3-13-7-11(8)9(6-10)2-4-14/h1,3,5-7,14H,2,4H2. The highest BCUT2D eigenvalue weighted by Crippen LogP contribution is 2.19. The minimum absolute atomic E-state index is 0.0213. The van der Waals surface area contributed by atoms with E-state index in [0.717, 1.165) is 16.3 Å². The number of hydrogen-bond acceptors (Lipinski definition) is 2. The maximum absolute atomic E-state index is 13.1. The van der Waals surface area contributed by atoms with Gasteiger partial charge in [0.25, 0.3) is 0 Å². The second-order valence-electron chi connectivity index (χ2n) is 3.14. The summed E-state index contributed by atoms with van der Waals surface area (Å²) in [6.07, 6.45) is 3.78. The van der Waals surface area contributed by atoms with Crippen LogP contribution in [0, 0.1) is 5.82 Å². The van der Waals surface area contributed by atoms with Gasteiger partial charge in [0.1, 0.15) is 5.82 Å². The van der Waals surface area contributed by atoms with Crippen molar-refractivity contribution in [3.63, 3.8) is 0 Å². The molecule has 72 valence electrons. The van der Waals surface area contributed by atoms with Crippen LogP contribution < -0.4 is 0 Å². The number of aliphatic hydroxyl groups is 1. The predicted molar refractivity (Wildman–Crippen MR) is 52.5 cm³/mol. The molecule has 2 nitrogen and oxygen atoms in total. The van der Waals surface area contributed by atoms with Gasteiger partial charge in [-0.1, -0.05) is 0 Å². The van der Waals surface area contributed by atoms with Crippen LogP contribution >= 0.6 is 0 Å². The fourth-order valence-corrected chi connectivity index (χ4v) is 1.56. The molecule has 1 aromatic heterocycles. The number of rotatable bonds is 2. The summed E-state index contributed by atoms with van der Waals surface area (Å²) in [7, 11) is 0. The lowest BCUT2D eigenvalue weighted by atomic mass is 10.0. The molecule has 14 heavy (non-hydrogen) atoms. The lowest BCUT2D eigenvalue weighted by Crippen LogP contribution is -1.93. The van der Waals surface area contributed by atoms with Crippen molar-refractivity contribution in [3.8, 4) is 0 Å². The van der Waals surface area contributed by atoms with Crippen molar-refractivity contribution in [1.29, 1.82) is 0 Å². The summed E-state index contributed by atoms with van der Waals surface area (Å²) in [5.74, 6) is -0.271. The van der Waals surface area contributed by atoms with E-state index in [1.54, 1.807) is 18.5 Å². The number of hydrogen-bond donors (Lipinski definition) is 1. The summed E-state index contributed by atoms with van der Waals surface area (Å²) >= 11 is 0. The predicted octanol–water partition coefficient (Wildman–Crippen LogP) is 1.91. The zero-order valence-electron chi connectivity index (χ0n) is 7.57. The Labute approximate surface area is 81.0 Å². The second-order valence-corrected chi connectivity index (χ2v) is 3.14. The van der Waals surface area contributed by atoms with Gasteiger partial charge in [0, 0.05) is 24.4 Å². The molecule has 0 aliphatic rings. The third-order valence-corrected chi connectivity index (χ3v) is 2.19. The summed E-state index contributed by atoms with van der Waals surface area (Å²) in [5.41, 5.74) is 0.801. The molecule has 2 rings (SSSR count). The molecule has 0 bridgehead atoms. The number of aromatic nitrogens is 1. The average molecular weight is 191 g/mol. The van der Waals surface area contributed by atoms with Gasteiger partial charge in [-0.05, 0) is 35.6 Å². The summed E-state index contributed by atoms with van der Waals surface area (Å²) in [6, 6.07) is 4.68. The van der Waals surface area contributed by atoms with Gasteiger partial charge in [-0.2, -0.15) is 0 Å². The summed E-state index contributed by atoms with van der Waals surface area (Å²) in [5, 5.41) is 10.6. The maximum atomic E-state index is 13.1. The van der Waals surface area contributed by atoms with Crippen LogP contribution in [0.3, 0.4) is 0 Å². The minimum Gasteiger partial charge on any atom is -0.396 e. The molecule has 1 aromatic carbocycles. The van der Waals surface area contributed by atoms with Crippen LogP contribution in [-0.4, -0.2) is 16.7 Å². The number of aliphatic hydroxyl groups excluding tert-OH is 1. The largest absolute Gasteiger partial charge is 0.396 e. The van der Waals surface area contributed by atoms with Crippen molar-refractivity contribution in [2.45, 2.75) is 6.42 Å². The highest BCUT2D eigenvalue weighted by Gasteiger charge is 2.03. The van der Waals surface area contributed by atoms with Crippen LogP contribution in [0.15, 0.2) is 30.6 Å². The SMILES string of the molecule is OCCc1cc(F)cc2ccncc12.